The van der Waals surface area contributed by atoms with Gasteiger partial charge in [-0.1, -0.05) is 70.6 Å². The second-order valence-corrected chi connectivity index (χ2v) is 5.77. The highest BCUT2D eigenvalue weighted by Gasteiger charge is 2.01. The van der Waals surface area contributed by atoms with E-state index in [0.717, 1.165) is 19.3 Å². The summed E-state index contributed by atoms with van der Waals surface area (Å²) in [6, 6.07) is 0. The second-order valence-electron chi connectivity index (χ2n) is 5.77. The molecule has 0 atom stereocenters. The Morgan fingerprint density at radius 2 is 1.43 bits per heavy atom. The highest BCUT2D eigenvalue weighted by Crippen LogP contribution is 2.11. The molecule has 0 aliphatic carbocycles. The SMILES string of the molecule is C=C(C)C(=O)OCCCCCCCCCCC/C=C/CC. The summed E-state index contributed by atoms with van der Waals surface area (Å²) in [6.45, 7) is 7.96. The first-order chi connectivity index (χ1) is 10.2. The van der Waals surface area contributed by atoms with Gasteiger partial charge in [-0.2, -0.15) is 0 Å². The average molecular weight is 294 g/mol. The molecule has 0 heterocycles. The minimum atomic E-state index is -0.260. The summed E-state index contributed by atoms with van der Waals surface area (Å²) in [5, 5.41) is 0. The molecule has 2 heteroatoms. The maximum absolute atomic E-state index is 11.1. The number of allylic oxidation sites excluding steroid dienone is 2. The smallest absolute Gasteiger partial charge is 0.333 e. The van der Waals surface area contributed by atoms with Crippen LogP contribution in [-0.2, 0) is 9.53 Å². The van der Waals surface area contributed by atoms with Crippen LogP contribution >= 0.6 is 0 Å². The molecule has 0 aliphatic heterocycles. The molecule has 0 aromatic heterocycles. The summed E-state index contributed by atoms with van der Waals surface area (Å²) >= 11 is 0. The van der Waals surface area contributed by atoms with Gasteiger partial charge in [0, 0.05) is 5.57 Å². The Kier molecular flexibility index (Phi) is 14.6. The summed E-state index contributed by atoms with van der Waals surface area (Å²) in [5.41, 5.74) is 0.486. The number of hydrogen-bond acceptors (Lipinski definition) is 2. The highest BCUT2D eigenvalue weighted by atomic mass is 16.5. The number of carbonyl (C=O) groups excluding carboxylic acids is 1. The Morgan fingerprint density at radius 1 is 0.905 bits per heavy atom. The number of hydrogen-bond donors (Lipinski definition) is 0. The predicted octanol–water partition coefficient (Wildman–Crippen LogP) is 5.97. The van der Waals surface area contributed by atoms with Crippen molar-refractivity contribution >= 4 is 5.97 Å². The first kappa shape index (κ1) is 19.9. The Labute approximate surface area is 131 Å². The zero-order valence-electron chi connectivity index (χ0n) is 14.2. The quantitative estimate of drug-likeness (QED) is 0.171. The molecule has 122 valence electrons. The molecule has 0 aromatic rings. The van der Waals surface area contributed by atoms with Gasteiger partial charge in [0.25, 0.3) is 0 Å². The monoisotopic (exact) mass is 294 g/mol. The first-order valence-electron chi connectivity index (χ1n) is 8.66. The van der Waals surface area contributed by atoms with Gasteiger partial charge in [0.1, 0.15) is 0 Å². The van der Waals surface area contributed by atoms with Crippen LogP contribution in [0.5, 0.6) is 0 Å². The highest BCUT2D eigenvalue weighted by molar-refractivity contribution is 5.86. The maximum atomic E-state index is 11.1. The number of carbonyl (C=O) groups is 1. The molecule has 0 bridgehead atoms. The molecule has 0 saturated heterocycles. The molecule has 2 nitrogen and oxygen atoms in total. The van der Waals surface area contributed by atoms with Crippen molar-refractivity contribution in [3.05, 3.63) is 24.3 Å². The molecule has 0 N–H and O–H groups in total. The van der Waals surface area contributed by atoms with Crippen LogP contribution in [0.2, 0.25) is 0 Å². The molecule has 0 aromatic carbocycles. The molecule has 0 fully saturated rings. The van der Waals surface area contributed by atoms with E-state index in [2.05, 4.69) is 25.7 Å². The summed E-state index contributed by atoms with van der Waals surface area (Å²) < 4.78 is 5.06. The Hall–Kier alpha value is -1.05. The summed E-state index contributed by atoms with van der Waals surface area (Å²) in [7, 11) is 0. The fourth-order valence-electron chi connectivity index (χ4n) is 2.17. The van der Waals surface area contributed by atoms with Gasteiger partial charge in [-0.05, 0) is 32.6 Å². The molecule has 0 spiro atoms. The van der Waals surface area contributed by atoms with Crippen LogP contribution in [0.1, 0.15) is 84.5 Å². The van der Waals surface area contributed by atoms with E-state index in [-0.39, 0.29) is 5.97 Å². The van der Waals surface area contributed by atoms with Crippen LogP contribution in [0.3, 0.4) is 0 Å². The topological polar surface area (TPSA) is 26.3 Å². The molecule has 0 aliphatic rings. The fourth-order valence-corrected chi connectivity index (χ4v) is 2.17. The van der Waals surface area contributed by atoms with Gasteiger partial charge in [-0.15, -0.1) is 0 Å². The van der Waals surface area contributed by atoms with Crippen molar-refractivity contribution in [1.82, 2.24) is 0 Å². The summed E-state index contributed by atoms with van der Waals surface area (Å²) in [5.74, 6) is -0.260. The van der Waals surface area contributed by atoms with Crippen molar-refractivity contribution < 1.29 is 9.53 Å². The number of unbranched alkanes of at least 4 members (excludes halogenated alkanes) is 9. The lowest BCUT2D eigenvalue weighted by Crippen LogP contribution is -2.05. The van der Waals surface area contributed by atoms with Crippen molar-refractivity contribution in [3.63, 3.8) is 0 Å². The Bertz CT molecular complexity index is 292. The minimum Gasteiger partial charge on any atom is -0.462 e. The number of esters is 1. The van der Waals surface area contributed by atoms with Crippen molar-refractivity contribution in [1.29, 1.82) is 0 Å². The third kappa shape index (κ3) is 15.2. The van der Waals surface area contributed by atoms with Gasteiger partial charge in [0.2, 0.25) is 0 Å². The lowest BCUT2D eigenvalue weighted by molar-refractivity contribution is -0.139. The predicted molar refractivity (Wildman–Crippen MR) is 91.4 cm³/mol. The van der Waals surface area contributed by atoms with Crippen LogP contribution in [0, 0.1) is 0 Å². The normalized spacial score (nSPS) is 11.0. The Morgan fingerprint density at radius 3 is 1.95 bits per heavy atom. The number of rotatable bonds is 14. The largest absolute Gasteiger partial charge is 0.462 e. The second kappa shape index (κ2) is 15.3. The van der Waals surface area contributed by atoms with Crippen molar-refractivity contribution in [3.8, 4) is 0 Å². The van der Waals surface area contributed by atoms with Crippen molar-refractivity contribution in [2.45, 2.75) is 84.5 Å². The van der Waals surface area contributed by atoms with E-state index in [4.69, 9.17) is 4.74 Å². The zero-order chi connectivity index (χ0) is 15.8. The van der Waals surface area contributed by atoms with Crippen molar-refractivity contribution in [2.24, 2.45) is 0 Å². The lowest BCUT2D eigenvalue weighted by atomic mass is 10.1. The zero-order valence-corrected chi connectivity index (χ0v) is 14.2. The van der Waals surface area contributed by atoms with Gasteiger partial charge in [-0.3, -0.25) is 0 Å². The van der Waals surface area contributed by atoms with Gasteiger partial charge >= 0.3 is 5.97 Å². The minimum absolute atomic E-state index is 0.260. The average Bonchev–Trinajstić information content (AvgIpc) is 2.47. The first-order valence-corrected chi connectivity index (χ1v) is 8.66. The summed E-state index contributed by atoms with van der Waals surface area (Å²) in [6.07, 6.45) is 18.4. The van der Waals surface area contributed by atoms with E-state index in [1.165, 1.54) is 51.4 Å². The Balaban J connectivity index is 3.11. The lowest BCUT2D eigenvalue weighted by Gasteiger charge is -2.04. The molecule has 0 radical (unpaired) electrons. The van der Waals surface area contributed by atoms with E-state index >= 15 is 0 Å². The molecule has 0 amide bonds. The van der Waals surface area contributed by atoms with E-state index < -0.39 is 0 Å². The maximum Gasteiger partial charge on any atom is 0.333 e. The molecule has 0 saturated carbocycles. The fraction of sp³-hybridized carbons (Fsp3) is 0.737. The van der Waals surface area contributed by atoms with Crippen LogP contribution in [0.4, 0.5) is 0 Å². The molecular weight excluding hydrogens is 260 g/mol. The van der Waals surface area contributed by atoms with E-state index in [9.17, 15) is 4.79 Å². The third-order valence-corrected chi connectivity index (χ3v) is 3.50. The van der Waals surface area contributed by atoms with E-state index in [1.54, 1.807) is 6.92 Å². The molecule has 21 heavy (non-hydrogen) atoms. The van der Waals surface area contributed by atoms with Gasteiger partial charge in [0.05, 0.1) is 6.61 Å². The van der Waals surface area contributed by atoms with Crippen LogP contribution < -0.4 is 0 Å². The summed E-state index contributed by atoms with van der Waals surface area (Å²) in [4.78, 5) is 11.1. The molecule has 0 unspecified atom stereocenters. The molecular formula is C19H34O2. The van der Waals surface area contributed by atoms with Crippen molar-refractivity contribution in [2.75, 3.05) is 6.61 Å². The van der Waals surface area contributed by atoms with Gasteiger partial charge < -0.3 is 4.74 Å². The number of ether oxygens (including phenoxy) is 1. The standard InChI is InChI=1S/C19H34O2/c1-4-5-6-7-8-9-10-11-12-13-14-15-16-17-21-19(20)18(2)3/h5-6H,2,4,7-17H2,1,3H3/b6-5+. The van der Waals surface area contributed by atoms with Gasteiger partial charge in [-0.25, -0.2) is 4.79 Å². The molecule has 0 rings (SSSR count). The van der Waals surface area contributed by atoms with Crippen LogP contribution in [0.15, 0.2) is 24.3 Å². The van der Waals surface area contributed by atoms with Gasteiger partial charge in [0.15, 0.2) is 0 Å². The van der Waals surface area contributed by atoms with E-state index in [0.29, 0.717) is 12.2 Å². The third-order valence-electron chi connectivity index (χ3n) is 3.50. The van der Waals surface area contributed by atoms with Crippen LogP contribution in [-0.4, -0.2) is 12.6 Å². The van der Waals surface area contributed by atoms with Crippen LogP contribution in [0.25, 0.3) is 0 Å². The van der Waals surface area contributed by atoms with E-state index in [1.807, 2.05) is 0 Å².